The Kier molecular flexibility index (Phi) is 3.41. The highest BCUT2D eigenvalue weighted by molar-refractivity contribution is 5.68. The van der Waals surface area contributed by atoms with Gasteiger partial charge in [0.1, 0.15) is 11.4 Å². The highest BCUT2D eigenvalue weighted by atomic mass is 16.6. The Hall–Kier alpha value is -1.32. The van der Waals surface area contributed by atoms with E-state index in [1.54, 1.807) is 0 Å². The summed E-state index contributed by atoms with van der Waals surface area (Å²) in [4.78, 5) is 21.9. The molecule has 90 valence electrons. The van der Waals surface area contributed by atoms with Crippen LogP contribution in [0.15, 0.2) is 11.3 Å². The van der Waals surface area contributed by atoms with Crippen molar-refractivity contribution >= 4 is 11.9 Å². The molecular formula is C12H18O4. The quantitative estimate of drug-likeness (QED) is 0.546. The fraction of sp³-hybridized carbons (Fsp3) is 0.667. The van der Waals surface area contributed by atoms with Gasteiger partial charge < -0.3 is 9.47 Å². The van der Waals surface area contributed by atoms with Gasteiger partial charge in [0.15, 0.2) is 0 Å². The fourth-order valence-electron chi connectivity index (χ4n) is 1.83. The third kappa shape index (κ3) is 2.84. The molecule has 1 saturated carbocycles. The lowest BCUT2D eigenvalue weighted by molar-refractivity contribution is -0.148. The summed E-state index contributed by atoms with van der Waals surface area (Å²) in [5, 5.41) is 0. The van der Waals surface area contributed by atoms with Crippen LogP contribution in [-0.2, 0) is 19.1 Å². The highest BCUT2D eigenvalue weighted by Crippen LogP contribution is 2.52. The third-order valence-electron chi connectivity index (χ3n) is 2.63. The number of rotatable bonds is 3. The number of carbonyl (C=O) groups is 2. The van der Waals surface area contributed by atoms with E-state index >= 15 is 0 Å². The van der Waals surface area contributed by atoms with Crippen LogP contribution in [0.4, 0.5) is 0 Å². The average molecular weight is 226 g/mol. The molecule has 0 heterocycles. The summed E-state index contributed by atoms with van der Waals surface area (Å²) in [5.41, 5.74) is 0.435. The molecule has 4 nitrogen and oxygen atoms in total. The summed E-state index contributed by atoms with van der Waals surface area (Å²) < 4.78 is 10.4. The molecule has 1 unspecified atom stereocenters. The first kappa shape index (κ1) is 12.7. The number of hydrogen-bond donors (Lipinski definition) is 0. The second kappa shape index (κ2) is 4.28. The monoisotopic (exact) mass is 226 g/mol. The minimum absolute atomic E-state index is 0.00491. The zero-order valence-corrected chi connectivity index (χ0v) is 10.4. The van der Waals surface area contributed by atoms with Crippen molar-refractivity contribution in [2.75, 3.05) is 0 Å². The van der Waals surface area contributed by atoms with E-state index in [-0.39, 0.29) is 17.9 Å². The maximum atomic E-state index is 11.0. The van der Waals surface area contributed by atoms with Crippen LogP contribution in [0, 0.1) is 5.92 Å². The van der Waals surface area contributed by atoms with Crippen molar-refractivity contribution in [2.24, 2.45) is 5.92 Å². The third-order valence-corrected chi connectivity index (χ3v) is 2.63. The lowest BCUT2D eigenvalue weighted by Gasteiger charge is -2.14. The second-order valence-corrected chi connectivity index (χ2v) is 4.62. The van der Waals surface area contributed by atoms with E-state index < -0.39 is 5.60 Å². The first-order chi connectivity index (χ1) is 7.26. The van der Waals surface area contributed by atoms with E-state index in [2.05, 4.69) is 0 Å². The Labute approximate surface area is 95.6 Å². The lowest BCUT2D eigenvalue weighted by atomic mass is 10.1. The smallest absolute Gasteiger partial charge is 0.307 e. The maximum absolute atomic E-state index is 11.0. The Bertz CT molecular complexity index is 352. The lowest BCUT2D eigenvalue weighted by Crippen LogP contribution is -2.18. The molecule has 1 aliphatic rings. The molecule has 0 N–H and O–H groups in total. The summed E-state index contributed by atoms with van der Waals surface area (Å²) in [6.45, 7) is 8.37. The molecule has 0 aromatic heterocycles. The van der Waals surface area contributed by atoms with Crippen molar-refractivity contribution in [3.05, 3.63) is 11.3 Å². The Morgan fingerprint density at radius 2 is 1.69 bits per heavy atom. The first-order valence-corrected chi connectivity index (χ1v) is 5.31. The SMILES string of the molecule is CC(=O)OC(=C(C)C)C1C[C@]1(C)OC(C)=O. The number of ether oxygens (including phenoxy) is 2. The van der Waals surface area contributed by atoms with E-state index in [1.807, 2.05) is 20.8 Å². The largest absolute Gasteiger partial charge is 0.459 e. The van der Waals surface area contributed by atoms with Crippen LogP contribution in [0.5, 0.6) is 0 Å². The van der Waals surface area contributed by atoms with Gasteiger partial charge >= 0.3 is 11.9 Å². The van der Waals surface area contributed by atoms with Gasteiger partial charge in [0.05, 0.1) is 5.92 Å². The molecule has 1 fully saturated rings. The van der Waals surface area contributed by atoms with Gasteiger partial charge in [-0.15, -0.1) is 0 Å². The molecular weight excluding hydrogens is 208 g/mol. The van der Waals surface area contributed by atoms with Crippen LogP contribution < -0.4 is 0 Å². The van der Waals surface area contributed by atoms with Crippen molar-refractivity contribution in [3.8, 4) is 0 Å². The minimum Gasteiger partial charge on any atom is -0.459 e. The Morgan fingerprint density at radius 1 is 1.12 bits per heavy atom. The van der Waals surface area contributed by atoms with Gasteiger partial charge in [-0.1, -0.05) is 0 Å². The summed E-state index contributed by atoms with van der Waals surface area (Å²) >= 11 is 0. The normalized spacial score (nSPS) is 26.9. The van der Waals surface area contributed by atoms with Crippen LogP contribution in [-0.4, -0.2) is 17.5 Å². The molecule has 0 aliphatic heterocycles. The molecule has 1 rings (SSSR count). The van der Waals surface area contributed by atoms with Crippen LogP contribution in [0.3, 0.4) is 0 Å². The van der Waals surface area contributed by atoms with Crippen LogP contribution in [0.2, 0.25) is 0 Å². The van der Waals surface area contributed by atoms with Gasteiger partial charge in [-0.05, 0) is 26.3 Å². The molecule has 0 saturated heterocycles. The molecule has 0 radical (unpaired) electrons. The summed E-state index contributed by atoms with van der Waals surface area (Å²) in [6, 6.07) is 0. The molecule has 0 aromatic rings. The molecule has 0 aromatic carbocycles. The van der Waals surface area contributed by atoms with E-state index in [9.17, 15) is 9.59 Å². The van der Waals surface area contributed by atoms with E-state index in [4.69, 9.17) is 9.47 Å². The predicted molar refractivity (Wildman–Crippen MR) is 58.4 cm³/mol. The van der Waals surface area contributed by atoms with E-state index in [0.717, 1.165) is 5.57 Å². The Morgan fingerprint density at radius 3 is 2.06 bits per heavy atom. The average Bonchev–Trinajstić information content (AvgIpc) is 2.70. The molecule has 4 heteroatoms. The van der Waals surface area contributed by atoms with Crippen LogP contribution in [0.25, 0.3) is 0 Å². The Balaban J connectivity index is 2.76. The van der Waals surface area contributed by atoms with E-state index in [1.165, 1.54) is 13.8 Å². The minimum atomic E-state index is -0.506. The van der Waals surface area contributed by atoms with Gasteiger partial charge in [0, 0.05) is 20.3 Å². The molecule has 16 heavy (non-hydrogen) atoms. The summed E-state index contributed by atoms with van der Waals surface area (Å²) in [6.07, 6.45) is 0.709. The maximum Gasteiger partial charge on any atom is 0.307 e. The predicted octanol–water partition coefficient (Wildman–Crippen LogP) is 2.19. The fourth-order valence-corrected chi connectivity index (χ4v) is 1.83. The molecule has 0 amide bonds. The molecule has 1 aliphatic carbocycles. The molecule has 2 atom stereocenters. The number of carbonyl (C=O) groups excluding carboxylic acids is 2. The standard InChI is InChI=1S/C12H18O4/c1-7(2)11(15-8(3)13)10-6-12(10,5)16-9(4)14/h10H,6H2,1-5H3/t10?,12-/m0/s1. The van der Waals surface area contributed by atoms with Crippen molar-refractivity contribution in [3.63, 3.8) is 0 Å². The van der Waals surface area contributed by atoms with Crippen molar-refractivity contribution in [1.29, 1.82) is 0 Å². The van der Waals surface area contributed by atoms with Gasteiger partial charge in [-0.2, -0.15) is 0 Å². The van der Waals surface area contributed by atoms with Crippen molar-refractivity contribution in [2.45, 2.75) is 46.6 Å². The summed E-state index contributed by atoms with van der Waals surface area (Å²) in [7, 11) is 0. The van der Waals surface area contributed by atoms with Gasteiger partial charge in [-0.25, -0.2) is 0 Å². The van der Waals surface area contributed by atoms with Gasteiger partial charge in [0.25, 0.3) is 0 Å². The zero-order valence-electron chi connectivity index (χ0n) is 10.4. The second-order valence-electron chi connectivity index (χ2n) is 4.62. The van der Waals surface area contributed by atoms with Crippen LogP contribution >= 0.6 is 0 Å². The number of allylic oxidation sites excluding steroid dienone is 1. The zero-order chi connectivity index (χ0) is 12.5. The van der Waals surface area contributed by atoms with Gasteiger partial charge in [0.2, 0.25) is 0 Å². The van der Waals surface area contributed by atoms with Crippen molar-refractivity contribution in [1.82, 2.24) is 0 Å². The van der Waals surface area contributed by atoms with E-state index in [0.29, 0.717) is 12.2 Å². The molecule has 0 spiro atoms. The highest BCUT2D eigenvalue weighted by Gasteiger charge is 2.57. The summed E-state index contributed by atoms with van der Waals surface area (Å²) in [5.74, 6) is -0.00393. The topological polar surface area (TPSA) is 52.6 Å². The molecule has 0 bridgehead atoms. The number of esters is 2. The number of hydrogen-bond acceptors (Lipinski definition) is 4. The van der Waals surface area contributed by atoms with Crippen molar-refractivity contribution < 1.29 is 19.1 Å². The first-order valence-electron chi connectivity index (χ1n) is 5.31. The van der Waals surface area contributed by atoms with Crippen LogP contribution in [0.1, 0.15) is 41.0 Å². The van der Waals surface area contributed by atoms with Gasteiger partial charge in [-0.3, -0.25) is 9.59 Å².